The van der Waals surface area contributed by atoms with E-state index in [2.05, 4.69) is 20.3 Å². The number of aromatic nitrogens is 3. The van der Waals surface area contributed by atoms with E-state index in [1.54, 1.807) is 23.0 Å². The second-order valence-electron chi connectivity index (χ2n) is 8.88. The molecule has 5 rings (SSSR count). The van der Waals surface area contributed by atoms with Gasteiger partial charge in [-0.3, -0.25) is 9.48 Å². The number of amides is 1. The number of nitrogens with one attached hydrogen (secondary N) is 1. The van der Waals surface area contributed by atoms with E-state index in [1.807, 2.05) is 13.1 Å². The van der Waals surface area contributed by atoms with Crippen LogP contribution in [0.2, 0.25) is 0 Å². The number of hydrogen-bond donors (Lipinski definition) is 3. The van der Waals surface area contributed by atoms with Gasteiger partial charge in [0.2, 0.25) is 0 Å². The molecule has 1 atom stereocenters. The fraction of sp³-hybridized carbons (Fsp3) is 0.435. The van der Waals surface area contributed by atoms with Gasteiger partial charge in [-0.1, -0.05) is 17.4 Å². The smallest absolute Gasteiger partial charge is 0.277 e. The molecule has 2 aliphatic rings. The van der Waals surface area contributed by atoms with Crippen molar-refractivity contribution in [3.05, 3.63) is 41.5 Å². The lowest BCUT2D eigenvalue weighted by atomic mass is 10.1. The summed E-state index contributed by atoms with van der Waals surface area (Å²) in [7, 11) is 1.85. The van der Waals surface area contributed by atoms with Crippen molar-refractivity contribution in [1.29, 1.82) is 0 Å². The molecule has 0 radical (unpaired) electrons. The number of nitrogen functional groups attached to an aromatic ring is 1. The Kier molecular flexibility index (Phi) is 5.79. The third kappa shape index (κ3) is 4.45. The predicted octanol–water partition coefficient (Wildman–Crippen LogP) is 3.71. The van der Waals surface area contributed by atoms with Gasteiger partial charge in [0.05, 0.1) is 6.20 Å². The van der Waals surface area contributed by atoms with Gasteiger partial charge in [0.25, 0.3) is 5.91 Å². The van der Waals surface area contributed by atoms with E-state index in [1.165, 1.54) is 0 Å². The van der Waals surface area contributed by atoms with Crippen LogP contribution in [0.5, 0.6) is 0 Å². The molecule has 1 aliphatic heterocycles. The van der Waals surface area contributed by atoms with E-state index < -0.39 is 5.91 Å². The number of carbonyl (C=O) groups is 1. The van der Waals surface area contributed by atoms with Crippen LogP contribution in [0.15, 0.2) is 24.4 Å². The zero-order chi connectivity index (χ0) is 23.1. The minimum Gasteiger partial charge on any atom is -0.389 e. The van der Waals surface area contributed by atoms with E-state index >= 15 is 0 Å². The molecule has 3 aromatic rings. The first-order chi connectivity index (χ1) is 15.9. The monoisotopic (exact) mass is 469 g/mol. The molecule has 8 nitrogen and oxygen atoms in total. The third-order valence-corrected chi connectivity index (χ3v) is 7.29. The molecule has 2 aromatic heterocycles. The average molecular weight is 470 g/mol. The van der Waals surface area contributed by atoms with E-state index in [0.29, 0.717) is 22.2 Å². The summed E-state index contributed by atoms with van der Waals surface area (Å²) in [5.41, 5.74) is 14.3. The first-order valence-electron chi connectivity index (χ1n) is 11.3. The maximum Gasteiger partial charge on any atom is 0.277 e. The normalized spacial score (nSPS) is 18.9. The highest BCUT2D eigenvalue weighted by Gasteiger charge is 2.26. The summed E-state index contributed by atoms with van der Waals surface area (Å²) in [6, 6.07) is 5.42. The summed E-state index contributed by atoms with van der Waals surface area (Å²) in [5.74, 6) is 0.512. The van der Waals surface area contributed by atoms with Gasteiger partial charge in [0.1, 0.15) is 21.5 Å². The van der Waals surface area contributed by atoms with Crippen molar-refractivity contribution in [2.75, 3.05) is 29.0 Å². The lowest BCUT2D eigenvalue weighted by Gasteiger charge is -2.24. The highest BCUT2D eigenvalue weighted by molar-refractivity contribution is 7.19. The maximum atomic E-state index is 14.7. The molecule has 1 saturated carbocycles. The van der Waals surface area contributed by atoms with Crippen molar-refractivity contribution in [3.8, 4) is 10.6 Å². The molecule has 1 amide bonds. The zero-order valence-corrected chi connectivity index (χ0v) is 19.4. The minimum atomic E-state index is -0.439. The van der Waals surface area contributed by atoms with Crippen LogP contribution in [0.4, 0.5) is 20.9 Å². The lowest BCUT2D eigenvalue weighted by Crippen LogP contribution is -2.29. The van der Waals surface area contributed by atoms with Gasteiger partial charge in [0, 0.05) is 31.7 Å². The SMILES string of the molecule is Cn1ncc(NC(=O)c2nc(-c3ccc(C4CC4)cc3F)sc2N)c1N1CCCC(N)CC1. The Balaban J connectivity index is 1.37. The Morgan fingerprint density at radius 3 is 2.82 bits per heavy atom. The lowest BCUT2D eigenvalue weighted by molar-refractivity contribution is 0.102. The molecule has 174 valence electrons. The summed E-state index contributed by atoms with van der Waals surface area (Å²) >= 11 is 1.11. The molecule has 5 N–H and O–H groups in total. The average Bonchev–Trinajstić information content (AvgIpc) is 3.52. The molecule has 3 heterocycles. The molecule has 2 fully saturated rings. The van der Waals surface area contributed by atoms with Crippen molar-refractivity contribution in [2.24, 2.45) is 12.8 Å². The first kappa shape index (κ1) is 21.8. The van der Waals surface area contributed by atoms with Crippen LogP contribution in [0.3, 0.4) is 0 Å². The molecule has 33 heavy (non-hydrogen) atoms. The van der Waals surface area contributed by atoms with Crippen LogP contribution in [0.25, 0.3) is 10.6 Å². The summed E-state index contributed by atoms with van der Waals surface area (Å²) in [4.78, 5) is 19.6. The van der Waals surface area contributed by atoms with Crippen molar-refractivity contribution in [1.82, 2.24) is 14.8 Å². The fourth-order valence-electron chi connectivity index (χ4n) is 4.39. The zero-order valence-electron chi connectivity index (χ0n) is 18.6. The Bertz CT molecular complexity index is 1190. The van der Waals surface area contributed by atoms with Gasteiger partial charge in [-0.25, -0.2) is 9.37 Å². The largest absolute Gasteiger partial charge is 0.389 e. The van der Waals surface area contributed by atoms with Crippen LogP contribution < -0.4 is 21.7 Å². The number of nitrogens with zero attached hydrogens (tertiary/aromatic N) is 4. The minimum absolute atomic E-state index is 0.0911. The number of aryl methyl sites for hydroxylation is 1. The van der Waals surface area contributed by atoms with Crippen molar-refractivity contribution < 1.29 is 9.18 Å². The fourth-order valence-corrected chi connectivity index (χ4v) is 5.25. The number of anilines is 3. The number of benzene rings is 1. The van der Waals surface area contributed by atoms with Crippen LogP contribution in [-0.2, 0) is 7.05 Å². The van der Waals surface area contributed by atoms with Gasteiger partial charge in [-0.05, 0) is 55.7 Å². The maximum absolute atomic E-state index is 14.7. The van der Waals surface area contributed by atoms with Gasteiger partial charge in [-0.15, -0.1) is 0 Å². The van der Waals surface area contributed by atoms with Crippen LogP contribution >= 0.6 is 11.3 Å². The standard InChI is InChI=1S/C23H28FN7OS/c1-30-23(31-9-2-3-15(25)8-10-31)18(12-27-30)28-21(32)19-20(26)33-22(29-19)16-7-6-14(11-17(16)24)13-4-5-13/h6-7,11-13,15H,2-5,8-10,25-26H2,1H3,(H,28,32). The summed E-state index contributed by atoms with van der Waals surface area (Å²) < 4.78 is 16.5. The number of hydrogen-bond acceptors (Lipinski definition) is 7. The summed E-state index contributed by atoms with van der Waals surface area (Å²) in [5, 5.41) is 7.88. The predicted molar refractivity (Wildman–Crippen MR) is 129 cm³/mol. The number of rotatable bonds is 5. The molecule has 0 spiro atoms. The Morgan fingerprint density at radius 1 is 1.24 bits per heavy atom. The van der Waals surface area contributed by atoms with Crippen molar-refractivity contribution in [2.45, 2.75) is 44.1 Å². The highest BCUT2D eigenvalue weighted by atomic mass is 32.1. The molecule has 1 unspecified atom stereocenters. The van der Waals surface area contributed by atoms with Crippen LogP contribution in [0, 0.1) is 5.82 Å². The second kappa shape index (κ2) is 8.75. The molecule has 0 bridgehead atoms. The van der Waals surface area contributed by atoms with Crippen LogP contribution in [-0.4, -0.2) is 39.8 Å². The number of nitrogens with two attached hydrogens (primary N) is 2. The molecular formula is C23H28FN7OS. The van der Waals surface area contributed by atoms with E-state index in [4.69, 9.17) is 11.5 Å². The van der Waals surface area contributed by atoms with E-state index in [-0.39, 0.29) is 22.6 Å². The molecule has 1 aromatic carbocycles. The number of carbonyl (C=O) groups excluding carboxylic acids is 1. The second-order valence-corrected chi connectivity index (χ2v) is 9.91. The quantitative estimate of drug-likeness (QED) is 0.525. The Morgan fingerprint density at radius 2 is 2.06 bits per heavy atom. The molecule has 1 saturated heterocycles. The van der Waals surface area contributed by atoms with E-state index in [0.717, 1.165) is 67.9 Å². The third-order valence-electron chi connectivity index (χ3n) is 6.37. The van der Waals surface area contributed by atoms with Crippen molar-refractivity contribution >= 4 is 33.8 Å². The van der Waals surface area contributed by atoms with Gasteiger partial charge < -0.3 is 21.7 Å². The summed E-state index contributed by atoms with van der Waals surface area (Å²) in [6.45, 7) is 1.64. The highest BCUT2D eigenvalue weighted by Crippen LogP contribution is 2.42. The first-order valence-corrected chi connectivity index (χ1v) is 12.1. The molecular weight excluding hydrogens is 441 g/mol. The van der Waals surface area contributed by atoms with Crippen molar-refractivity contribution in [3.63, 3.8) is 0 Å². The van der Waals surface area contributed by atoms with Gasteiger partial charge >= 0.3 is 0 Å². The number of thiazole rings is 1. The molecule has 1 aliphatic carbocycles. The Labute approximate surface area is 195 Å². The summed E-state index contributed by atoms with van der Waals surface area (Å²) in [6.07, 6.45) is 6.67. The topological polar surface area (TPSA) is 115 Å². The van der Waals surface area contributed by atoms with E-state index in [9.17, 15) is 9.18 Å². The van der Waals surface area contributed by atoms with Gasteiger partial charge in [0.15, 0.2) is 11.5 Å². The molecule has 10 heteroatoms. The number of halogens is 1. The van der Waals surface area contributed by atoms with Gasteiger partial charge in [-0.2, -0.15) is 5.10 Å². The van der Waals surface area contributed by atoms with Crippen LogP contribution in [0.1, 0.15) is 54.1 Å². The Hall–Kier alpha value is -2.98.